The van der Waals surface area contributed by atoms with E-state index in [9.17, 15) is 4.79 Å². The quantitative estimate of drug-likeness (QED) is 0.296. The number of aryl methyl sites for hydroxylation is 2. The lowest BCUT2D eigenvalue weighted by Crippen LogP contribution is -2.30. The Labute approximate surface area is 190 Å². The topological polar surface area (TPSA) is 46.3 Å². The van der Waals surface area contributed by atoms with Crippen LogP contribution in [0.25, 0.3) is 21.3 Å². The lowest BCUT2D eigenvalue weighted by molar-refractivity contribution is 0.0983. The van der Waals surface area contributed by atoms with Crippen molar-refractivity contribution in [3.8, 4) is 11.1 Å². The molecule has 5 heteroatoms. The van der Waals surface area contributed by atoms with Crippen LogP contribution in [0, 0.1) is 13.8 Å². The number of furan rings is 1. The van der Waals surface area contributed by atoms with Crippen molar-refractivity contribution in [1.29, 1.82) is 0 Å². The highest BCUT2D eigenvalue weighted by Gasteiger charge is 2.23. The fraction of sp³-hybridized carbons (Fsp3) is 0.111. The molecule has 2 aromatic heterocycles. The van der Waals surface area contributed by atoms with Crippen molar-refractivity contribution in [3.63, 3.8) is 0 Å². The Hall–Kier alpha value is -3.70. The molecule has 0 unspecified atom stereocenters. The Morgan fingerprint density at radius 3 is 2.34 bits per heavy atom. The second-order valence-electron chi connectivity index (χ2n) is 7.81. The van der Waals surface area contributed by atoms with Crippen molar-refractivity contribution in [2.45, 2.75) is 20.4 Å². The van der Waals surface area contributed by atoms with E-state index in [1.165, 1.54) is 22.5 Å². The van der Waals surface area contributed by atoms with E-state index in [1.807, 2.05) is 54.6 Å². The Bertz CT molecular complexity index is 1330. The average molecular weight is 439 g/mol. The van der Waals surface area contributed by atoms with E-state index < -0.39 is 0 Å². The summed E-state index contributed by atoms with van der Waals surface area (Å²) in [5, 5.41) is 0.665. The number of benzene rings is 3. The third-order valence-electron chi connectivity index (χ3n) is 5.60. The number of carbonyl (C=O) groups excluding carboxylic acids is 1. The van der Waals surface area contributed by atoms with Gasteiger partial charge >= 0.3 is 0 Å². The molecule has 1 amide bonds. The van der Waals surface area contributed by atoms with Crippen LogP contribution in [0.15, 0.2) is 89.5 Å². The number of thiazole rings is 1. The van der Waals surface area contributed by atoms with Gasteiger partial charge in [-0.2, -0.15) is 0 Å². The minimum Gasteiger partial charge on any atom is -0.467 e. The van der Waals surface area contributed by atoms with Gasteiger partial charge in [0.1, 0.15) is 5.76 Å². The molecule has 0 radical (unpaired) electrons. The van der Waals surface area contributed by atoms with Gasteiger partial charge in [0, 0.05) is 5.56 Å². The maximum Gasteiger partial charge on any atom is 0.260 e. The van der Waals surface area contributed by atoms with E-state index in [0.29, 0.717) is 23.0 Å². The Balaban J connectivity index is 1.51. The third-order valence-corrected chi connectivity index (χ3v) is 6.64. The average Bonchev–Trinajstić information content (AvgIpc) is 3.48. The summed E-state index contributed by atoms with van der Waals surface area (Å²) in [7, 11) is 0. The van der Waals surface area contributed by atoms with Crippen molar-refractivity contribution in [3.05, 3.63) is 108 Å². The molecule has 0 atom stereocenters. The van der Waals surface area contributed by atoms with Gasteiger partial charge in [-0.15, -0.1) is 0 Å². The largest absolute Gasteiger partial charge is 0.467 e. The molecule has 0 spiro atoms. The molecule has 2 heterocycles. The molecule has 0 aliphatic rings. The second-order valence-corrected chi connectivity index (χ2v) is 8.82. The van der Waals surface area contributed by atoms with E-state index in [4.69, 9.17) is 9.40 Å². The van der Waals surface area contributed by atoms with Gasteiger partial charge in [-0.25, -0.2) is 4.98 Å². The van der Waals surface area contributed by atoms with Crippen LogP contribution in [-0.4, -0.2) is 10.9 Å². The number of nitrogens with zero attached hydrogens (tertiary/aromatic N) is 2. The molecule has 158 valence electrons. The number of hydrogen-bond acceptors (Lipinski definition) is 4. The van der Waals surface area contributed by atoms with Gasteiger partial charge in [-0.1, -0.05) is 53.8 Å². The molecule has 0 N–H and O–H groups in total. The van der Waals surface area contributed by atoms with Crippen LogP contribution in [0.4, 0.5) is 5.13 Å². The number of amides is 1. The van der Waals surface area contributed by atoms with E-state index >= 15 is 0 Å². The molecule has 4 nitrogen and oxygen atoms in total. The number of aromatic nitrogens is 1. The molecule has 0 saturated carbocycles. The molecule has 5 aromatic rings. The minimum atomic E-state index is -0.103. The SMILES string of the molecule is Cc1cc2nc(N(Cc3ccco3)C(=O)c3ccc(-c4ccccc4)cc3)sc2cc1C. The summed E-state index contributed by atoms with van der Waals surface area (Å²) >= 11 is 1.53. The zero-order valence-electron chi connectivity index (χ0n) is 17.9. The lowest BCUT2D eigenvalue weighted by atomic mass is 10.0. The van der Waals surface area contributed by atoms with Crippen molar-refractivity contribution in [2.75, 3.05) is 4.90 Å². The fourth-order valence-electron chi connectivity index (χ4n) is 3.66. The van der Waals surface area contributed by atoms with Gasteiger partial charge in [-0.3, -0.25) is 9.69 Å². The molecular weight excluding hydrogens is 416 g/mol. The van der Waals surface area contributed by atoms with Gasteiger partial charge in [0.2, 0.25) is 0 Å². The molecule has 5 rings (SSSR count). The highest BCUT2D eigenvalue weighted by atomic mass is 32.1. The van der Waals surface area contributed by atoms with Crippen LogP contribution in [-0.2, 0) is 6.54 Å². The monoisotopic (exact) mass is 438 g/mol. The Morgan fingerprint density at radius 1 is 0.906 bits per heavy atom. The summed E-state index contributed by atoms with van der Waals surface area (Å²) in [5.74, 6) is 0.611. The predicted molar refractivity (Wildman–Crippen MR) is 130 cm³/mol. The van der Waals surface area contributed by atoms with Crippen LogP contribution in [0.1, 0.15) is 27.2 Å². The Morgan fingerprint density at radius 2 is 1.62 bits per heavy atom. The fourth-order valence-corrected chi connectivity index (χ4v) is 4.70. The van der Waals surface area contributed by atoms with Crippen LogP contribution in [0.3, 0.4) is 0 Å². The van der Waals surface area contributed by atoms with Crippen molar-refractivity contribution >= 4 is 32.6 Å². The van der Waals surface area contributed by atoms with Gasteiger partial charge in [-0.05, 0) is 72.5 Å². The molecule has 0 saturated heterocycles. The molecule has 3 aromatic carbocycles. The van der Waals surface area contributed by atoms with E-state index in [-0.39, 0.29) is 5.91 Å². The number of rotatable bonds is 5. The van der Waals surface area contributed by atoms with Gasteiger partial charge in [0.15, 0.2) is 5.13 Å². The third kappa shape index (κ3) is 3.95. The number of anilines is 1. The molecule has 0 fully saturated rings. The van der Waals surface area contributed by atoms with Crippen molar-refractivity contribution in [1.82, 2.24) is 4.98 Å². The Kier molecular flexibility index (Phi) is 5.33. The number of hydrogen-bond donors (Lipinski definition) is 0. The first-order valence-corrected chi connectivity index (χ1v) is 11.3. The maximum atomic E-state index is 13.6. The van der Waals surface area contributed by atoms with Gasteiger partial charge in [0.05, 0.1) is 23.0 Å². The summed E-state index contributed by atoms with van der Waals surface area (Å²) < 4.78 is 6.61. The smallest absolute Gasteiger partial charge is 0.260 e. The second kappa shape index (κ2) is 8.44. The first-order valence-electron chi connectivity index (χ1n) is 10.5. The standard InChI is InChI=1S/C27H22N2O2S/c1-18-15-24-25(16-19(18)2)32-27(28-24)29(17-23-9-6-14-31-23)26(30)22-12-10-21(11-13-22)20-7-4-3-5-8-20/h3-16H,17H2,1-2H3. The zero-order valence-corrected chi connectivity index (χ0v) is 18.7. The molecular formula is C27H22N2O2S. The van der Waals surface area contributed by atoms with E-state index in [0.717, 1.165) is 21.3 Å². The molecule has 0 bridgehead atoms. The van der Waals surface area contributed by atoms with Crippen LogP contribution >= 0.6 is 11.3 Å². The van der Waals surface area contributed by atoms with Crippen LogP contribution < -0.4 is 4.90 Å². The lowest BCUT2D eigenvalue weighted by Gasteiger charge is -2.19. The molecule has 0 aliphatic heterocycles. The number of fused-ring (bicyclic) bond motifs is 1. The summed E-state index contributed by atoms with van der Waals surface area (Å²) in [6.07, 6.45) is 1.62. The summed E-state index contributed by atoms with van der Waals surface area (Å²) in [4.78, 5) is 20.1. The molecule has 0 aliphatic carbocycles. The predicted octanol–water partition coefficient (Wildman–Crippen LogP) is 7.02. The maximum absolute atomic E-state index is 13.6. The zero-order chi connectivity index (χ0) is 22.1. The van der Waals surface area contributed by atoms with Gasteiger partial charge in [0.25, 0.3) is 5.91 Å². The summed E-state index contributed by atoms with van der Waals surface area (Å²) in [6, 6.07) is 25.8. The first kappa shape index (κ1) is 20.2. The molecule has 32 heavy (non-hydrogen) atoms. The van der Waals surface area contributed by atoms with Crippen LogP contribution in [0.2, 0.25) is 0 Å². The summed E-state index contributed by atoms with van der Waals surface area (Å²) in [5.41, 5.74) is 6.12. The van der Waals surface area contributed by atoms with E-state index in [1.54, 1.807) is 11.2 Å². The van der Waals surface area contributed by atoms with E-state index in [2.05, 4.69) is 38.1 Å². The highest BCUT2D eigenvalue weighted by Crippen LogP contribution is 2.33. The number of carbonyl (C=O) groups is 1. The first-order chi connectivity index (χ1) is 15.6. The normalized spacial score (nSPS) is 11.1. The van der Waals surface area contributed by atoms with Crippen molar-refractivity contribution in [2.24, 2.45) is 0 Å². The van der Waals surface area contributed by atoms with Gasteiger partial charge < -0.3 is 4.42 Å². The minimum absolute atomic E-state index is 0.103. The summed E-state index contributed by atoms with van der Waals surface area (Å²) in [6.45, 7) is 4.49. The van der Waals surface area contributed by atoms with Crippen LogP contribution in [0.5, 0.6) is 0 Å². The highest BCUT2D eigenvalue weighted by molar-refractivity contribution is 7.22. The van der Waals surface area contributed by atoms with Crippen molar-refractivity contribution < 1.29 is 9.21 Å².